The Balaban J connectivity index is 1.44. The van der Waals surface area contributed by atoms with Crippen molar-refractivity contribution < 1.29 is 19.3 Å². The first kappa shape index (κ1) is 18.5. The van der Waals surface area contributed by atoms with Crippen molar-refractivity contribution in [2.45, 2.75) is 64.0 Å². The summed E-state index contributed by atoms with van der Waals surface area (Å²) in [5, 5.41) is 0. The third kappa shape index (κ3) is 3.24. The zero-order valence-corrected chi connectivity index (χ0v) is 17.0. The summed E-state index contributed by atoms with van der Waals surface area (Å²) in [5.41, 5.74) is 1.75. The minimum absolute atomic E-state index is 0.0887. The molecule has 2 aliphatic heterocycles. The SMILES string of the molecule is C=C1CCC[C@]2(C)C[C@H]3OC(=O)[C@H](C[NH+](C)C4CC[NH+](C)CC4)[C@H]3C[C@@H]12. The first-order chi connectivity index (χ1) is 12.4. The second-order valence-corrected chi connectivity index (χ2v) is 10.2. The molecule has 4 aliphatic rings. The van der Waals surface area contributed by atoms with Crippen molar-refractivity contribution in [1.29, 1.82) is 0 Å². The fraction of sp³-hybridized carbons (Fsp3) is 0.864. The van der Waals surface area contributed by atoms with E-state index in [-0.39, 0.29) is 18.0 Å². The second-order valence-electron chi connectivity index (χ2n) is 10.2. The largest absolute Gasteiger partial charge is 0.462 e. The average Bonchev–Trinajstić information content (AvgIpc) is 2.88. The van der Waals surface area contributed by atoms with E-state index in [9.17, 15) is 4.79 Å². The summed E-state index contributed by atoms with van der Waals surface area (Å²) < 4.78 is 5.95. The zero-order valence-electron chi connectivity index (χ0n) is 17.0. The molecule has 0 bridgehead atoms. The predicted molar refractivity (Wildman–Crippen MR) is 102 cm³/mol. The Bertz CT molecular complexity index is 568. The van der Waals surface area contributed by atoms with Crippen LogP contribution in [0.3, 0.4) is 0 Å². The highest BCUT2D eigenvalue weighted by molar-refractivity contribution is 5.75. The third-order valence-corrected chi connectivity index (χ3v) is 8.40. The monoisotopic (exact) mass is 362 g/mol. The van der Waals surface area contributed by atoms with E-state index in [0.717, 1.165) is 19.4 Å². The quantitative estimate of drug-likeness (QED) is 0.566. The lowest BCUT2D eigenvalue weighted by Gasteiger charge is -2.50. The lowest BCUT2D eigenvalue weighted by Crippen LogP contribution is -3.18. The van der Waals surface area contributed by atoms with Gasteiger partial charge in [-0.15, -0.1) is 0 Å². The van der Waals surface area contributed by atoms with Gasteiger partial charge in [-0.25, -0.2) is 0 Å². The summed E-state index contributed by atoms with van der Waals surface area (Å²) in [6.45, 7) is 10.3. The number of esters is 1. The molecule has 2 heterocycles. The second kappa shape index (κ2) is 6.94. The molecule has 0 spiro atoms. The van der Waals surface area contributed by atoms with E-state index in [1.165, 1.54) is 50.8 Å². The fourth-order valence-electron chi connectivity index (χ4n) is 6.61. The minimum Gasteiger partial charge on any atom is -0.462 e. The number of nitrogens with one attached hydrogen (secondary N) is 2. The van der Waals surface area contributed by atoms with Crippen molar-refractivity contribution in [2.24, 2.45) is 23.2 Å². The first-order valence-corrected chi connectivity index (χ1v) is 10.9. The minimum atomic E-state index is 0.0887. The standard InChI is InChI=1S/C22H36N2O2/c1-15-6-5-9-22(2)13-20-17(12-19(15)22)18(21(25)26-20)14-24(4)16-7-10-23(3)11-8-16/h16-20H,1,5-14H2,2-4H3/p+2/t17-,18-,19+,20-,22-/m1/s1. The maximum atomic E-state index is 12.7. The summed E-state index contributed by atoms with van der Waals surface area (Å²) >= 11 is 0. The van der Waals surface area contributed by atoms with E-state index >= 15 is 0 Å². The molecular weight excluding hydrogens is 324 g/mol. The Kier molecular flexibility index (Phi) is 4.94. The number of likely N-dealkylation sites (tertiary alicyclic amines) is 1. The number of carbonyl (C=O) groups excluding carboxylic acids is 1. The van der Waals surface area contributed by atoms with E-state index in [4.69, 9.17) is 4.74 Å². The van der Waals surface area contributed by atoms with Gasteiger partial charge in [-0.05, 0) is 43.4 Å². The molecule has 0 aromatic heterocycles. The van der Waals surface area contributed by atoms with Crippen LogP contribution in [-0.4, -0.2) is 51.8 Å². The van der Waals surface area contributed by atoms with E-state index < -0.39 is 0 Å². The van der Waals surface area contributed by atoms with Gasteiger partial charge in [0.15, 0.2) is 0 Å². The molecule has 4 nitrogen and oxygen atoms in total. The molecule has 2 N–H and O–H groups in total. The molecule has 146 valence electrons. The number of rotatable bonds is 3. The number of quaternary nitrogens is 2. The molecule has 0 aromatic rings. The highest BCUT2D eigenvalue weighted by atomic mass is 16.6. The van der Waals surface area contributed by atoms with Gasteiger partial charge in [0.2, 0.25) is 0 Å². The Labute approximate surface area is 158 Å². The Morgan fingerprint density at radius 3 is 2.81 bits per heavy atom. The van der Waals surface area contributed by atoms with Crippen molar-refractivity contribution >= 4 is 5.97 Å². The highest BCUT2D eigenvalue weighted by Crippen LogP contribution is 2.56. The van der Waals surface area contributed by atoms with Gasteiger partial charge in [0.1, 0.15) is 12.0 Å². The number of fused-ring (bicyclic) bond motifs is 2. The van der Waals surface area contributed by atoms with Gasteiger partial charge in [0, 0.05) is 18.8 Å². The number of allylic oxidation sites excluding steroid dienone is 1. The van der Waals surface area contributed by atoms with E-state index in [1.807, 2.05) is 0 Å². The van der Waals surface area contributed by atoms with Crippen LogP contribution in [0, 0.1) is 23.2 Å². The number of hydrogen-bond acceptors (Lipinski definition) is 2. The summed E-state index contributed by atoms with van der Waals surface area (Å²) in [6, 6.07) is 0.712. The first-order valence-electron chi connectivity index (χ1n) is 10.9. The maximum absolute atomic E-state index is 12.7. The summed E-state index contributed by atoms with van der Waals surface area (Å²) in [5.74, 6) is 1.21. The number of carbonyl (C=O) groups is 1. The Hall–Kier alpha value is -0.870. The Morgan fingerprint density at radius 2 is 2.08 bits per heavy atom. The van der Waals surface area contributed by atoms with Crippen molar-refractivity contribution in [3.05, 3.63) is 12.2 Å². The molecule has 4 rings (SSSR count). The summed E-state index contributed by atoms with van der Waals surface area (Å²) in [6.07, 6.45) is 8.61. The van der Waals surface area contributed by atoms with Gasteiger partial charge in [-0.3, -0.25) is 4.79 Å². The Morgan fingerprint density at radius 1 is 1.35 bits per heavy atom. The van der Waals surface area contributed by atoms with Crippen LogP contribution in [0.25, 0.3) is 0 Å². The van der Waals surface area contributed by atoms with Crippen LogP contribution in [0.15, 0.2) is 12.2 Å². The van der Waals surface area contributed by atoms with Crippen LogP contribution >= 0.6 is 0 Å². The van der Waals surface area contributed by atoms with Gasteiger partial charge < -0.3 is 14.5 Å². The molecule has 0 aromatic carbocycles. The van der Waals surface area contributed by atoms with E-state index in [1.54, 1.807) is 9.80 Å². The molecule has 0 radical (unpaired) electrons. The van der Waals surface area contributed by atoms with Crippen LogP contribution in [-0.2, 0) is 9.53 Å². The van der Waals surface area contributed by atoms with Crippen LogP contribution in [0.2, 0.25) is 0 Å². The van der Waals surface area contributed by atoms with Crippen molar-refractivity contribution in [1.82, 2.24) is 0 Å². The number of hydrogen-bond donors (Lipinski definition) is 2. The maximum Gasteiger partial charge on any atom is 0.315 e. The molecule has 4 fully saturated rings. The lowest BCUT2D eigenvalue weighted by atomic mass is 9.55. The highest BCUT2D eigenvalue weighted by Gasteiger charge is 2.56. The molecular formula is C22H38N2O2+2. The van der Waals surface area contributed by atoms with Crippen LogP contribution in [0.4, 0.5) is 0 Å². The van der Waals surface area contributed by atoms with Gasteiger partial charge in [0.05, 0.1) is 39.8 Å². The van der Waals surface area contributed by atoms with Gasteiger partial charge in [0.25, 0.3) is 0 Å². The van der Waals surface area contributed by atoms with Crippen LogP contribution in [0.1, 0.15) is 51.9 Å². The van der Waals surface area contributed by atoms with Crippen LogP contribution in [0.5, 0.6) is 0 Å². The topological polar surface area (TPSA) is 35.2 Å². The van der Waals surface area contributed by atoms with Crippen molar-refractivity contribution in [3.8, 4) is 0 Å². The van der Waals surface area contributed by atoms with Crippen LogP contribution < -0.4 is 9.80 Å². The smallest absolute Gasteiger partial charge is 0.315 e. The summed E-state index contributed by atoms with van der Waals surface area (Å²) in [7, 11) is 4.60. The zero-order chi connectivity index (χ0) is 18.5. The van der Waals surface area contributed by atoms with E-state index in [0.29, 0.717) is 23.3 Å². The molecule has 1 unspecified atom stereocenters. The summed E-state index contributed by atoms with van der Waals surface area (Å²) in [4.78, 5) is 15.9. The van der Waals surface area contributed by atoms with Gasteiger partial charge in [-0.1, -0.05) is 19.1 Å². The molecule has 2 saturated carbocycles. The molecule has 0 amide bonds. The normalized spacial score (nSPS) is 47.0. The third-order valence-electron chi connectivity index (χ3n) is 8.40. The molecule has 4 heteroatoms. The average molecular weight is 363 g/mol. The van der Waals surface area contributed by atoms with Crippen molar-refractivity contribution in [2.75, 3.05) is 33.7 Å². The molecule has 2 saturated heterocycles. The van der Waals surface area contributed by atoms with E-state index in [2.05, 4.69) is 27.6 Å². The van der Waals surface area contributed by atoms with Crippen molar-refractivity contribution in [3.63, 3.8) is 0 Å². The van der Waals surface area contributed by atoms with Gasteiger partial charge in [-0.2, -0.15) is 0 Å². The lowest BCUT2D eigenvalue weighted by molar-refractivity contribution is -0.941. The molecule has 6 atom stereocenters. The predicted octanol–water partition coefficient (Wildman–Crippen LogP) is 0.492. The number of piperidine rings is 1. The fourth-order valence-corrected chi connectivity index (χ4v) is 6.61. The van der Waals surface area contributed by atoms with Gasteiger partial charge >= 0.3 is 5.97 Å². The number of ether oxygens (including phenoxy) is 1. The molecule has 26 heavy (non-hydrogen) atoms. The molecule has 2 aliphatic carbocycles.